The van der Waals surface area contributed by atoms with Gasteiger partial charge in [-0.3, -0.25) is 14.7 Å². The number of nitrogens with zero attached hydrogens (tertiary/aromatic N) is 2. The number of rotatable bonds is 6. The Hall–Kier alpha value is -3.38. The van der Waals surface area contributed by atoms with Crippen LogP contribution in [-0.2, 0) is 17.8 Å². The largest absolute Gasteiger partial charge is 0.486 e. The molecule has 0 saturated carbocycles. The number of carbonyl (C=O) groups excluding carboxylic acids is 1. The minimum Gasteiger partial charge on any atom is -0.486 e. The van der Waals surface area contributed by atoms with Crippen molar-refractivity contribution in [1.29, 1.82) is 0 Å². The minimum absolute atomic E-state index is 0.225. The average molecular weight is 430 g/mol. The molecule has 2 aliphatic heterocycles. The number of carbonyl (C=O) groups is 1. The molecule has 0 bridgehead atoms. The van der Waals surface area contributed by atoms with Crippen LogP contribution in [0, 0.1) is 5.41 Å². The molecule has 3 aromatic rings. The van der Waals surface area contributed by atoms with Crippen molar-refractivity contribution >= 4 is 5.91 Å². The summed E-state index contributed by atoms with van der Waals surface area (Å²) in [6.45, 7) is 3.39. The maximum atomic E-state index is 12.6. The maximum Gasteiger partial charge on any atom is 0.225 e. The summed E-state index contributed by atoms with van der Waals surface area (Å²) >= 11 is 0. The highest BCUT2D eigenvalue weighted by Crippen LogP contribution is 2.37. The zero-order valence-corrected chi connectivity index (χ0v) is 18.0. The molecule has 164 valence electrons. The lowest BCUT2D eigenvalue weighted by atomic mass is 9.79. The van der Waals surface area contributed by atoms with Gasteiger partial charge >= 0.3 is 0 Å². The second kappa shape index (κ2) is 8.63. The lowest BCUT2D eigenvalue weighted by Crippen LogP contribution is -2.41. The van der Waals surface area contributed by atoms with Gasteiger partial charge < -0.3 is 15.2 Å². The Balaban J connectivity index is 1.32. The van der Waals surface area contributed by atoms with Crippen molar-refractivity contribution in [2.24, 2.45) is 11.1 Å². The number of aromatic nitrogens is 1. The molecule has 0 unspecified atom stereocenters. The third-order valence-electron chi connectivity index (χ3n) is 6.45. The summed E-state index contributed by atoms with van der Waals surface area (Å²) in [4.78, 5) is 19.0. The Morgan fingerprint density at radius 2 is 1.78 bits per heavy atom. The molecular formula is C26H27N3O3. The highest BCUT2D eigenvalue weighted by atomic mass is 16.6. The molecule has 1 atom stereocenters. The van der Waals surface area contributed by atoms with E-state index in [0.717, 1.165) is 53.3 Å². The number of ether oxygens (including phenoxy) is 2. The van der Waals surface area contributed by atoms with E-state index in [4.69, 9.17) is 15.2 Å². The summed E-state index contributed by atoms with van der Waals surface area (Å²) in [6.07, 6.45) is 4.98. The van der Waals surface area contributed by atoms with Crippen LogP contribution < -0.4 is 15.2 Å². The first-order valence-corrected chi connectivity index (χ1v) is 11.0. The van der Waals surface area contributed by atoms with Crippen molar-refractivity contribution in [3.8, 4) is 22.6 Å². The van der Waals surface area contributed by atoms with E-state index in [-0.39, 0.29) is 5.91 Å². The third kappa shape index (κ3) is 4.18. The Morgan fingerprint density at radius 3 is 2.59 bits per heavy atom. The quantitative estimate of drug-likeness (QED) is 0.650. The molecule has 2 aromatic carbocycles. The predicted molar refractivity (Wildman–Crippen MR) is 122 cm³/mol. The normalized spacial score (nSPS) is 20.2. The summed E-state index contributed by atoms with van der Waals surface area (Å²) in [7, 11) is 0. The minimum atomic E-state index is -0.565. The van der Waals surface area contributed by atoms with E-state index in [9.17, 15) is 4.79 Å². The summed E-state index contributed by atoms with van der Waals surface area (Å²) in [6, 6.07) is 18.4. The molecule has 2 N–H and O–H groups in total. The highest BCUT2D eigenvalue weighted by molar-refractivity contribution is 5.82. The van der Waals surface area contributed by atoms with E-state index in [0.29, 0.717) is 26.2 Å². The molecule has 1 saturated heterocycles. The van der Waals surface area contributed by atoms with E-state index in [1.807, 2.05) is 30.3 Å². The zero-order chi connectivity index (χ0) is 22.0. The Kier molecular flexibility index (Phi) is 5.53. The predicted octanol–water partition coefficient (Wildman–Crippen LogP) is 3.44. The topological polar surface area (TPSA) is 77.7 Å². The van der Waals surface area contributed by atoms with Crippen molar-refractivity contribution in [3.63, 3.8) is 0 Å². The van der Waals surface area contributed by atoms with Crippen LogP contribution in [0.2, 0.25) is 0 Å². The van der Waals surface area contributed by atoms with Gasteiger partial charge in [-0.2, -0.15) is 0 Å². The molecule has 6 heteroatoms. The number of hydrogen-bond donors (Lipinski definition) is 1. The number of nitrogens with two attached hydrogens (primary N) is 1. The number of fused-ring (bicyclic) bond motifs is 1. The van der Waals surface area contributed by atoms with Gasteiger partial charge in [0.25, 0.3) is 0 Å². The van der Waals surface area contributed by atoms with Gasteiger partial charge in [-0.25, -0.2) is 0 Å². The maximum absolute atomic E-state index is 12.6. The SMILES string of the molecule is NC(=O)[C@@]1(Cc2cccc(-c3ccncc3)c2)CCN(Cc2ccc3c(c2)OCCO3)C1. The molecular weight excluding hydrogens is 402 g/mol. The number of pyridine rings is 1. The van der Waals surface area contributed by atoms with Crippen LogP contribution in [0.1, 0.15) is 17.5 Å². The molecule has 1 amide bonds. The van der Waals surface area contributed by atoms with Crippen LogP contribution in [-0.4, -0.2) is 42.1 Å². The second-order valence-electron chi connectivity index (χ2n) is 8.70. The second-order valence-corrected chi connectivity index (χ2v) is 8.70. The third-order valence-corrected chi connectivity index (χ3v) is 6.45. The molecule has 32 heavy (non-hydrogen) atoms. The Bertz CT molecular complexity index is 1120. The van der Waals surface area contributed by atoms with Gasteiger partial charge in [0.05, 0.1) is 5.41 Å². The fourth-order valence-corrected chi connectivity index (χ4v) is 4.77. The van der Waals surface area contributed by atoms with Gasteiger partial charge in [-0.15, -0.1) is 0 Å². The number of hydrogen-bond acceptors (Lipinski definition) is 5. The van der Waals surface area contributed by atoms with Crippen molar-refractivity contribution < 1.29 is 14.3 Å². The van der Waals surface area contributed by atoms with Crippen LogP contribution in [0.4, 0.5) is 0 Å². The summed E-state index contributed by atoms with van der Waals surface area (Å²) in [5.74, 6) is 1.36. The van der Waals surface area contributed by atoms with Crippen LogP contribution in [0.15, 0.2) is 67.0 Å². The van der Waals surface area contributed by atoms with Crippen molar-refractivity contribution in [3.05, 3.63) is 78.1 Å². The lowest BCUT2D eigenvalue weighted by Gasteiger charge is -2.27. The molecule has 1 aromatic heterocycles. The Labute approximate surface area is 188 Å². The van der Waals surface area contributed by atoms with Crippen molar-refractivity contribution in [2.45, 2.75) is 19.4 Å². The van der Waals surface area contributed by atoms with Crippen molar-refractivity contribution in [1.82, 2.24) is 9.88 Å². The molecule has 0 radical (unpaired) electrons. The fraction of sp³-hybridized carbons (Fsp3) is 0.308. The fourth-order valence-electron chi connectivity index (χ4n) is 4.77. The number of benzene rings is 2. The van der Waals surface area contributed by atoms with E-state index in [1.54, 1.807) is 12.4 Å². The zero-order valence-electron chi connectivity index (χ0n) is 18.0. The highest BCUT2D eigenvalue weighted by Gasteiger charge is 2.43. The average Bonchev–Trinajstić information content (AvgIpc) is 3.23. The molecule has 0 aliphatic carbocycles. The smallest absolute Gasteiger partial charge is 0.225 e. The molecule has 2 aliphatic rings. The summed E-state index contributed by atoms with van der Waals surface area (Å²) < 4.78 is 11.3. The Morgan fingerprint density at radius 1 is 0.969 bits per heavy atom. The van der Waals surface area contributed by atoms with E-state index < -0.39 is 5.41 Å². The van der Waals surface area contributed by atoms with E-state index in [2.05, 4.69) is 34.1 Å². The number of likely N-dealkylation sites (tertiary alicyclic amines) is 1. The number of primary amides is 1. The van der Waals surface area contributed by atoms with E-state index >= 15 is 0 Å². The molecule has 0 spiro atoms. The number of amides is 1. The van der Waals surface area contributed by atoms with Crippen LogP contribution >= 0.6 is 0 Å². The summed E-state index contributed by atoms with van der Waals surface area (Å²) in [5, 5.41) is 0. The van der Waals surface area contributed by atoms with E-state index in [1.165, 1.54) is 0 Å². The van der Waals surface area contributed by atoms with Gasteiger partial charge in [0, 0.05) is 25.5 Å². The molecule has 3 heterocycles. The van der Waals surface area contributed by atoms with Gasteiger partial charge in [-0.05, 0) is 65.9 Å². The molecule has 6 nitrogen and oxygen atoms in total. The van der Waals surface area contributed by atoms with Crippen molar-refractivity contribution in [2.75, 3.05) is 26.3 Å². The first kappa shape index (κ1) is 20.5. The van der Waals surface area contributed by atoms with Crippen LogP contribution in [0.5, 0.6) is 11.5 Å². The van der Waals surface area contributed by atoms with Gasteiger partial charge in [0.2, 0.25) is 5.91 Å². The first-order valence-electron chi connectivity index (χ1n) is 11.0. The molecule has 5 rings (SSSR count). The van der Waals surface area contributed by atoms with Gasteiger partial charge in [0.1, 0.15) is 13.2 Å². The van der Waals surface area contributed by atoms with Crippen LogP contribution in [0.3, 0.4) is 0 Å². The lowest BCUT2D eigenvalue weighted by molar-refractivity contribution is -0.127. The van der Waals surface area contributed by atoms with Crippen LogP contribution in [0.25, 0.3) is 11.1 Å². The molecule has 1 fully saturated rings. The monoisotopic (exact) mass is 429 g/mol. The first-order chi connectivity index (χ1) is 15.6. The standard InChI is InChI=1S/C26H27N3O3/c27-25(30)26(16-19-2-1-3-22(14-19)21-6-9-28-10-7-21)8-11-29(18-26)17-20-4-5-23-24(15-20)32-13-12-31-23/h1-7,9-10,14-15H,8,11-13,16-18H2,(H2,27,30)/t26-/m1/s1. The van der Waals surface area contributed by atoms with Gasteiger partial charge in [0.15, 0.2) is 11.5 Å². The summed E-state index contributed by atoms with van der Waals surface area (Å²) in [5.41, 5.74) is 9.91. The van der Waals surface area contributed by atoms with Gasteiger partial charge in [-0.1, -0.05) is 30.3 Å².